The number of hydrogen-bond donors (Lipinski definition) is 1. The fraction of sp³-hybridized carbons (Fsp3) is 0.357. The highest BCUT2D eigenvalue weighted by molar-refractivity contribution is 7.10. The summed E-state index contributed by atoms with van der Waals surface area (Å²) in [6, 6.07) is 13.9. The summed E-state index contributed by atoms with van der Waals surface area (Å²) >= 11 is 13.9. The van der Waals surface area contributed by atoms with E-state index in [0.717, 1.165) is 17.5 Å². The zero-order valence-electron chi connectivity index (χ0n) is 21.2. The largest absolute Gasteiger partial charge is 0.491 e. The molecule has 1 N–H and O–H groups in total. The Morgan fingerprint density at radius 3 is 2.76 bits per heavy atom. The number of hydrogen-bond acceptors (Lipinski definition) is 4. The molecule has 1 aliphatic rings. The van der Waals surface area contributed by atoms with Gasteiger partial charge >= 0.3 is 6.03 Å². The van der Waals surface area contributed by atoms with Crippen LogP contribution in [0.15, 0.2) is 53.9 Å². The van der Waals surface area contributed by atoms with E-state index in [4.69, 9.17) is 27.9 Å². The Morgan fingerprint density at radius 2 is 2.03 bits per heavy atom. The van der Waals surface area contributed by atoms with Crippen molar-refractivity contribution in [3.8, 4) is 5.75 Å². The lowest BCUT2D eigenvalue weighted by atomic mass is 10.00. The Kier molecular flexibility index (Phi) is 9.00. The molecule has 0 aliphatic carbocycles. The molecule has 2 aromatic carbocycles. The second-order valence-electron chi connectivity index (χ2n) is 9.20. The molecule has 0 unspecified atom stereocenters. The maximum absolute atomic E-state index is 13.7. The first-order valence-electron chi connectivity index (χ1n) is 12.3. The number of urea groups is 1. The Labute approximate surface area is 232 Å². The van der Waals surface area contributed by atoms with E-state index >= 15 is 0 Å². The number of fused-ring (bicyclic) bond motifs is 1. The van der Waals surface area contributed by atoms with Crippen molar-refractivity contribution in [2.24, 2.45) is 0 Å². The van der Waals surface area contributed by atoms with Gasteiger partial charge in [0, 0.05) is 33.2 Å². The van der Waals surface area contributed by atoms with Crippen LogP contribution in [-0.2, 0) is 11.2 Å². The van der Waals surface area contributed by atoms with Crippen LogP contribution in [0.5, 0.6) is 5.75 Å². The number of amides is 3. The third kappa shape index (κ3) is 6.58. The molecule has 0 saturated heterocycles. The normalized spacial score (nSPS) is 15.6. The Hall–Kier alpha value is -2.74. The number of nitrogens with zero attached hydrogens (tertiary/aromatic N) is 2. The first kappa shape index (κ1) is 27.3. The van der Waals surface area contributed by atoms with Crippen molar-refractivity contribution in [3.05, 3.63) is 80.0 Å². The van der Waals surface area contributed by atoms with Crippen molar-refractivity contribution < 1.29 is 14.3 Å². The van der Waals surface area contributed by atoms with Gasteiger partial charge in [-0.15, -0.1) is 11.3 Å². The van der Waals surface area contributed by atoms with Crippen molar-refractivity contribution in [2.75, 3.05) is 25.0 Å². The Morgan fingerprint density at radius 1 is 1.22 bits per heavy atom. The van der Waals surface area contributed by atoms with Gasteiger partial charge in [-0.25, -0.2) is 4.79 Å². The second-order valence-corrected chi connectivity index (χ2v) is 11.0. The third-order valence-corrected chi connectivity index (χ3v) is 8.37. The fourth-order valence-corrected chi connectivity index (χ4v) is 5.64. The second kappa shape index (κ2) is 12.2. The number of anilines is 1. The van der Waals surface area contributed by atoms with Crippen molar-refractivity contribution >= 4 is 52.2 Å². The summed E-state index contributed by atoms with van der Waals surface area (Å²) in [4.78, 5) is 31.6. The molecule has 196 valence electrons. The molecule has 0 spiro atoms. The number of aryl methyl sites for hydroxylation is 1. The maximum Gasteiger partial charge on any atom is 0.322 e. The van der Waals surface area contributed by atoms with Crippen LogP contribution in [0, 0.1) is 6.92 Å². The molecule has 0 fully saturated rings. The van der Waals surface area contributed by atoms with Crippen LogP contribution in [-0.4, -0.2) is 47.5 Å². The number of carbonyl (C=O) groups is 2. The number of nitrogens with one attached hydrogen (secondary N) is 1. The van der Waals surface area contributed by atoms with Crippen molar-refractivity contribution in [3.63, 3.8) is 0 Å². The maximum atomic E-state index is 13.7. The van der Waals surface area contributed by atoms with E-state index in [1.165, 1.54) is 4.88 Å². The molecule has 0 radical (unpaired) electrons. The van der Waals surface area contributed by atoms with Crippen molar-refractivity contribution in [1.29, 1.82) is 0 Å². The van der Waals surface area contributed by atoms with Crippen LogP contribution in [0.25, 0.3) is 0 Å². The lowest BCUT2D eigenvalue weighted by Gasteiger charge is -2.38. The highest BCUT2D eigenvalue weighted by Gasteiger charge is 2.34. The SMILES string of the molecule is CC[C@H](C)N(CC(=O)N1CCc2sccc2[C@@H]1COc1ccc(Cl)c(C)c1)C(=O)Nc1cccc(Cl)c1. The molecule has 1 aromatic heterocycles. The molecule has 37 heavy (non-hydrogen) atoms. The van der Waals surface area contributed by atoms with Crippen LogP contribution in [0.4, 0.5) is 10.5 Å². The van der Waals surface area contributed by atoms with E-state index < -0.39 is 0 Å². The molecule has 2 heterocycles. The first-order chi connectivity index (χ1) is 17.8. The van der Waals surface area contributed by atoms with Gasteiger partial charge in [0.15, 0.2) is 0 Å². The highest BCUT2D eigenvalue weighted by Crippen LogP contribution is 2.34. The lowest BCUT2D eigenvalue weighted by Crippen LogP contribution is -2.50. The molecule has 3 amide bonds. The average molecular weight is 561 g/mol. The van der Waals surface area contributed by atoms with Gasteiger partial charge < -0.3 is 19.9 Å². The number of carbonyl (C=O) groups excluding carboxylic acids is 2. The lowest BCUT2D eigenvalue weighted by molar-refractivity contribution is -0.135. The topological polar surface area (TPSA) is 61.9 Å². The zero-order chi connectivity index (χ0) is 26.5. The summed E-state index contributed by atoms with van der Waals surface area (Å²) < 4.78 is 6.15. The van der Waals surface area contributed by atoms with Gasteiger partial charge in [0.2, 0.25) is 5.91 Å². The van der Waals surface area contributed by atoms with E-state index in [2.05, 4.69) is 16.8 Å². The zero-order valence-corrected chi connectivity index (χ0v) is 23.5. The van der Waals surface area contributed by atoms with E-state index in [-0.39, 0.29) is 30.6 Å². The van der Waals surface area contributed by atoms with Crippen LogP contribution < -0.4 is 10.1 Å². The molecular formula is C28H31Cl2N3O3S. The van der Waals surface area contributed by atoms with Crippen molar-refractivity contribution in [1.82, 2.24) is 9.80 Å². The molecule has 0 bridgehead atoms. The van der Waals surface area contributed by atoms with Gasteiger partial charge in [-0.1, -0.05) is 36.2 Å². The Balaban J connectivity index is 1.51. The monoisotopic (exact) mass is 559 g/mol. The van der Waals surface area contributed by atoms with E-state index in [0.29, 0.717) is 41.1 Å². The van der Waals surface area contributed by atoms with E-state index in [9.17, 15) is 9.59 Å². The number of benzene rings is 2. The molecule has 6 nitrogen and oxygen atoms in total. The molecule has 0 saturated carbocycles. The summed E-state index contributed by atoms with van der Waals surface area (Å²) in [7, 11) is 0. The smallest absolute Gasteiger partial charge is 0.322 e. The summed E-state index contributed by atoms with van der Waals surface area (Å²) in [6.07, 6.45) is 1.50. The summed E-state index contributed by atoms with van der Waals surface area (Å²) in [6.45, 7) is 6.73. The minimum Gasteiger partial charge on any atom is -0.491 e. The standard InChI is InChI=1S/C28H31Cl2N3O3S/c1-4-19(3)33(28(35)31-21-7-5-6-20(29)15-21)16-27(34)32-12-10-26-23(11-13-37-26)25(32)17-36-22-8-9-24(30)18(2)14-22/h5-9,11,13-15,19,25H,4,10,12,16-17H2,1-3H3,(H,31,35)/t19-,25-/m0/s1. The summed E-state index contributed by atoms with van der Waals surface area (Å²) in [5, 5.41) is 6.15. The van der Waals surface area contributed by atoms with Gasteiger partial charge in [-0.2, -0.15) is 0 Å². The molecule has 1 aliphatic heterocycles. The quantitative estimate of drug-likeness (QED) is 0.317. The van der Waals surface area contributed by atoms with Gasteiger partial charge in [0.05, 0.1) is 6.04 Å². The minimum absolute atomic E-state index is 0.0303. The van der Waals surface area contributed by atoms with Crippen molar-refractivity contribution in [2.45, 2.75) is 45.7 Å². The summed E-state index contributed by atoms with van der Waals surface area (Å²) in [5.41, 5.74) is 2.62. The van der Waals surface area contributed by atoms with Gasteiger partial charge in [-0.05, 0) is 85.7 Å². The van der Waals surface area contributed by atoms with Gasteiger partial charge in [-0.3, -0.25) is 4.79 Å². The molecule has 9 heteroatoms. The number of halogens is 2. The van der Waals surface area contributed by atoms with Gasteiger partial charge in [0.1, 0.15) is 18.9 Å². The Bertz CT molecular complexity index is 1260. The molecule has 3 aromatic rings. The van der Waals surface area contributed by atoms with Crippen LogP contribution in [0.3, 0.4) is 0 Å². The minimum atomic E-state index is -0.331. The van der Waals surface area contributed by atoms with Crippen LogP contribution in [0.2, 0.25) is 10.0 Å². The molecular weight excluding hydrogens is 529 g/mol. The van der Waals surface area contributed by atoms with E-state index in [1.54, 1.807) is 40.5 Å². The number of rotatable bonds is 8. The predicted molar refractivity (Wildman–Crippen MR) is 151 cm³/mol. The number of ether oxygens (including phenoxy) is 1. The third-order valence-electron chi connectivity index (χ3n) is 6.72. The average Bonchev–Trinajstić information content (AvgIpc) is 3.36. The van der Waals surface area contributed by atoms with Gasteiger partial charge in [0.25, 0.3) is 0 Å². The molecule has 4 rings (SSSR count). The van der Waals surface area contributed by atoms with E-state index in [1.807, 2.05) is 43.9 Å². The summed E-state index contributed by atoms with van der Waals surface area (Å²) in [5.74, 6) is 0.595. The predicted octanol–water partition coefficient (Wildman–Crippen LogP) is 7.20. The fourth-order valence-electron chi connectivity index (χ4n) is 4.40. The van der Waals surface area contributed by atoms with Crippen LogP contribution >= 0.6 is 34.5 Å². The first-order valence-corrected chi connectivity index (χ1v) is 14.0. The molecule has 2 atom stereocenters. The van der Waals surface area contributed by atoms with Crippen LogP contribution in [0.1, 0.15) is 42.3 Å². The number of thiophene rings is 1. The highest BCUT2D eigenvalue weighted by atomic mass is 35.5.